The van der Waals surface area contributed by atoms with E-state index >= 15 is 0 Å². The van der Waals surface area contributed by atoms with E-state index in [9.17, 15) is 0 Å². The molecule has 5 aromatic rings. The Hall–Kier alpha value is -3.43. The summed E-state index contributed by atoms with van der Waals surface area (Å²) in [4.78, 5) is 9.81. The molecule has 0 unspecified atom stereocenters. The molecule has 2 aliphatic heterocycles. The number of aryl methyl sites for hydroxylation is 3. The fourth-order valence-electron chi connectivity index (χ4n) is 7.13. The van der Waals surface area contributed by atoms with Crippen LogP contribution in [0.15, 0.2) is 53.7 Å². The first kappa shape index (κ1) is 27.4. The Bertz CT molecular complexity index is 1940. The van der Waals surface area contributed by atoms with Gasteiger partial charge in [-0.15, -0.1) is 28.6 Å². The predicted octanol–water partition coefficient (Wildman–Crippen LogP) is 8.22. The Kier molecular flexibility index (Phi) is 6.40. The van der Waals surface area contributed by atoms with E-state index in [1.54, 1.807) is 0 Å². The maximum Gasteiger partial charge on any atom is 2.00 e. The van der Waals surface area contributed by atoms with Crippen molar-refractivity contribution in [1.29, 1.82) is 0 Å². The van der Waals surface area contributed by atoms with E-state index in [2.05, 4.69) is 81.7 Å². The van der Waals surface area contributed by atoms with Crippen LogP contribution in [-0.4, -0.2) is 27.6 Å². The molecule has 0 radical (unpaired) electrons. The van der Waals surface area contributed by atoms with Crippen LogP contribution in [0.4, 0.5) is 0 Å². The van der Waals surface area contributed by atoms with Crippen LogP contribution in [0.1, 0.15) is 72.9 Å². The number of aromatic nitrogens is 2. The second-order valence-electron chi connectivity index (χ2n) is 12.6. The van der Waals surface area contributed by atoms with Gasteiger partial charge in [0.15, 0.2) is 0 Å². The molecule has 2 atom stereocenters. The molecule has 0 saturated heterocycles. The molecular weight excluding hydrogens is 701 g/mol. The van der Waals surface area contributed by atoms with Crippen molar-refractivity contribution in [2.45, 2.75) is 77.9 Å². The summed E-state index contributed by atoms with van der Waals surface area (Å²) >= 11 is 0. The molecule has 2 aromatic heterocycles. The fraction of sp³-hybridized carbons (Fsp3) is 0.333. The molecule has 1 fully saturated rings. The van der Waals surface area contributed by atoms with Crippen molar-refractivity contribution in [1.82, 2.24) is 9.55 Å². The van der Waals surface area contributed by atoms with Crippen molar-refractivity contribution in [2.24, 2.45) is 4.99 Å². The normalized spacial score (nSPS) is 20.0. The van der Waals surface area contributed by atoms with E-state index < -0.39 is 0 Å². The molecule has 1 saturated carbocycles. The van der Waals surface area contributed by atoms with Gasteiger partial charge in [-0.05, 0) is 43.2 Å². The number of ether oxygens (including phenoxy) is 2. The zero-order valence-corrected chi connectivity index (χ0v) is 26.8. The SMILES string of the molecule is Cc1cc(Oc2[c-]c3c(cc2C)c2cc(C)cc4c2n3-c2ncccc2C4(C)C)[c-]c(C2=N[C@H]3CCCC[C@@H]3O2)c1.[Pt+2]. The average molecular weight is 735 g/mol. The molecule has 6 heteroatoms. The van der Waals surface area contributed by atoms with Crippen LogP contribution in [0.2, 0.25) is 0 Å². The van der Waals surface area contributed by atoms with Gasteiger partial charge in [-0.1, -0.05) is 81.1 Å². The summed E-state index contributed by atoms with van der Waals surface area (Å²) in [5.41, 5.74) is 8.76. The summed E-state index contributed by atoms with van der Waals surface area (Å²) < 4.78 is 15.1. The number of benzene rings is 3. The number of aliphatic imine (C=N–C) groups is 1. The standard InChI is InChI=1S/C36H33N3O2.Pt/c1-20-13-23(35-38-29-10-6-7-11-31(29)41-35)18-24(14-20)40-32-19-30-25(17-22(32)3)26-15-21(2)16-28-33(26)39(30)34-27(36(28,4)5)9-8-12-37-34;/h8-9,12-17,29,31H,6-7,10-11H2,1-5H3;/q-2;+2/t29-,31-;/m0./s1. The maximum absolute atomic E-state index is 6.56. The van der Waals surface area contributed by atoms with E-state index in [1.165, 1.54) is 40.4 Å². The van der Waals surface area contributed by atoms with Crippen molar-refractivity contribution in [2.75, 3.05) is 0 Å². The molecule has 0 bridgehead atoms. The summed E-state index contributed by atoms with van der Waals surface area (Å²) in [6, 6.07) is 22.6. The van der Waals surface area contributed by atoms with E-state index in [0.717, 1.165) is 46.3 Å². The van der Waals surface area contributed by atoms with Crippen LogP contribution in [-0.2, 0) is 31.2 Å². The quantitative estimate of drug-likeness (QED) is 0.176. The smallest absolute Gasteiger partial charge is 0.515 e. The largest absolute Gasteiger partial charge is 2.00 e. The molecule has 1 aliphatic carbocycles. The summed E-state index contributed by atoms with van der Waals surface area (Å²) in [6.07, 6.45) is 6.69. The molecule has 0 amide bonds. The average Bonchev–Trinajstić information content (AvgIpc) is 3.51. The number of rotatable bonds is 3. The molecular formula is C36H33N3O2Pt. The molecule has 4 heterocycles. The van der Waals surface area contributed by atoms with E-state index in [4.69, 9.17) is 19.5 Å². The van der Waals surface area contributed by atoms with Gasteiger partial charge in [0.05, 0.1) is 6.04 Å². The third-order valence-electron chi connectivity index (χ3n) is 9.19. The Morgan fingerprint density at radius 1 is 0.952 bits per heavy atom. The van der Waals surface area contributed by atoms with Gasteiger partial charge in [0.25, 0.3) is 0 Å². The minimum absolute atomic E-state index is 0. The number of pyridine rings is 1. The van der Waals surface area contributed by atoms with E-state index in [-0.39, 0.29) is 38.6 Å². The van der Waals surface area contributed by atoms with Gasteiger partial charge in [0.1, 0.15) is 17.8 Å². The summed E-state index contributed by atoms with van der Waals surface area (Å²) in [5.74, 6) is 2.99. The Morgan fingerprint density at radius 3 is 2.60 bits per heavy atom. The molecule has 5 nitrogen and oxygen atoms in total. The van der Waals surface area contributed by atoms with Crippen molar-refractivity contribution < 1.29 is 30.5 Å². The van der Waals surface area contributed by atoms with Crippen molar-refractivity contribution in [3.63, 3.8) is 0 Å². The van der Waals surface area contributed by atoms with Gasteiger partial charge in [0.2, 0.25) is 0 Å². The second kappa shape index (κ2) is 9.81. The van der Waals surface area contributed by atoms with Crippen LogP contribution in [0, 0.1) is 32.9 Å². The van der Waals surface area contributed by atoms with Crippen molar-refractivity contribution in [3.8, 4) is 17.3 Å². The molecule has 3 aliphatic rings. The number of hydrogen-bond acceptors (Lipinski definition) is 4. The first-order chi connectivity index (χ1) is 19.8. The van der Waals surface area contributed by atoms with Gasteiger partial charge in [-0.25, -0.2) is 4.98 Å². The predicted molar refractivity (Wildman–Crippen MR) is 163 cm³/mol. The van der Waals surface area contributed by atoms with Crippen LogP contribution in [0.25, 0.3) is 27.6 Å². The summed E-state index contributed by atoms with van der Waals surface area (Å²) in [5, 5.41) is 2.39. The minimum atomic E-state index is -0.165. The molecule has 214 valence electrons. The van der Waals surface area contributed by atoms with Crippen LogP contribution >= 0.6 is 0 Å². The molecule has 3 aromatic carbocycles. The zero-order chi connectivity index (χ0) is 28.0. The monoisotopic (exact) mass is 734 g/mol. The van der Waals surface area contributed by atoms with Crippen molar-refractivity contribution >= 4 is 27.7 Å². The zero-order valence-electron chi connectivity index (χ0n) is 24.6. The third-order valence-corrected chi connectivity index (χ3v) is 9.19. The number of hydrogen-bond donors (Lipinski definition) is 0. The number of fused-ring (bicyclic) bond motifs is 6. The van der Waals surface area contributed by atoms with Gasteiger partial charge in [0, 0.05) is 34.2 Å². The topological polar surface area (TPSA) is 48.6 Å². The molecule has 42 heavy (non-hydrogen) atoms. The third kappa shape index (κ3) is 4.07. The Labute approximate surface area is 261 Å². The van der Waals surface area contributed by atoms with Crippen LogP contribution in [0.5, 0.6) is 11.5 Å². The van der Waals surface area contributed by atoms with E-state index in [0.29, 0.717) is 17.4 Å². The first-order valence-electron chi connectivity index (χ1n) is 14.7. The van der Waals surface area contributed by atoms with Crippen molar-refractivity contribution in [3.05, 3.63) is 94.2 Å². The summed E-state index contributed by atoms with van der Waals surface area (Å²) in [6.45, 7) is 10.9. The Morgan fingerprint density at radius 2 is 1.76 bits per heavy atom. The van der Waals surface area contributed by atoms with Gasteiger partial charge in [-0.3, -0.25) is 4.99 Å². The molecule has 8 rings (SSSR count). The fourth-order valence-corrected chi connectivity index (χ4v) is 7.13. The van der Waals surface area contributed by atoms with Gasteiger partial charge in [-0.2, -0.15) is 6.07 Å². The maximum atomic E-state index is 6.56. The molecule has 0 N–H and O–H groups in total. The number of nitrogens with zero attached hydrogens (tertiary/aromatic N) is 3. The van der Waals surface area contributed by atoms with Crippen LogP contribution < -0.4 is 4.74 Å². The first-order valence-corrected chi connectivity index (χ1v) is 14.7. The van der Waals surface area contributed by atoms with Crippen LogP contribution in [0.3, 0.4) is 0 Å². The van der Waals surface area contributed by atoms with Gasteiger partial charge < -0.3 is 14.0 Å². The second-order valence-corrected chi connectivity index (χ2v) is 12.6. The molecule has 0 spiro atoms. The van der Waals surface area contributed by atoms with Gasteiger partial charge >= 0.3 is 21.1 Å². The minimum Gasteiger partial charge on any atom is -0.515 e. The summed E-state index contributed by atoms with van der Waals surface area (Å²) in [7, 11) is 0. The van der Waals surface area contributed by atoms with E-state index in [1.807, 2.05) is 18.3 Å². The Balaban J connectivity index is 0.00000288.